The van der Waals surface area contributed by atoms with E-state index in [1.54, 1.807) is 19.1 Å². The van der Waals surface area contributed by atoms with Crippen LogP contribution in [-0.4, -0.2) is 65.7 Å². The lowest BCUT2D eigenvalue weighted by atomic mass is 9.74. The number of carboxylic acid groups (broad SMARTS) is 1. The van der Waals surface area contributed by atoms with Crippen LogP contribution in [0.3, 0.4) is 0 Å². The van der Waals surface area contributed by atoms with E-state index in [1.807, 2.05) is 12.2 Å². The normalized spacial score (nSPS) is 23.0. The number of hydrogen-bond acceptors (Lipinski definition) is 6. The molecule has 1 saturated carbocycles. The smallest absolute Gasteiger partial charge is 0.319 e. The molecule has 0 spiro atoms. The molecule has 0 radical (unpaired) electrons. The predicted octanol–water partition coefficient (Wildman–Crippen LogP) is 3.32. The van der Waals surface area contributed by atoms with Gasteiger partial charge in [-0.1, -0.05) is 0 Å². The van der Waals surface area contributed by atoms with Crippen LogP contribution >= 0.6 is 0 Å². The van der Waals surface area contributed by atoms with Crippen LogP contribution in [0.25, 0.3) is 5.65 Å². The molecule has 5 rings (SSSR count). The molecule has 1 aliphatic heterocycles. The summed E-state index contributed by atoms with van der Waals surface area (Å²) in [6.07, 6.45) is 0.825. The molecule has 2 amide bonds. The summed E-state index contributed by atoms with van der Waals surface area (Å²) in [7, 11) is 0. The van der Waals surface area contributed by atoms with Crippen molar-refractivity contribution in [2.24, 2.45) is 11.3 Å². The van der Waals surface area contributed by atoms with Crippen LogP contribution in [0.4, 0.5) is 17.6 Å². The summed E-state index contributed by atoms with van der Waals surface area (Å²) in [5, 5.41) is 23.4. The second kappa shape index (κ2) is 10.7. The van der Waals surface area contributed by atoms with E-state index in [0.29, 0.717) is 29.1 Å². The van der Waals surface area contributed by atoms with E-state index < -0.39 is 60.5 Å². The number of hydrogen-bond donors (Lipinski definition) is 3. The Balaban J connectivity index is 1.50. The summed E-state index contributed by atoms with van der Waals surface area (Å²) in [6.45, 7) is 2.92. The van der Waals surface area contributed by atoms with E-state index >= 15 is 0 Å². The number of carbonyl (C=O) groups is 3. The van der Waals surface area contributed by atoms with Crippen molar-refractivity contribution < 1.29 is 37.1 Å². The first-order chi connectivity index (χ1) is 19.7. The maximum atomic E-state index is 14.3. The Morgan fingerprint density at radius 1 is 1.21 bits per heavy atom. The SMILES string of the molecule is CCn1nccc1C(=O)NC(c1cn2nc(CC3(C(=O)O)CC(F)(F)CNC3=O)c(C)cc2n1)C1CCC(F)(F)CC1. The van der Waals surface area contributed by atoms with Crippen LogP contribution in [0, 0.1) is 18.3 Å². The van der Waals surface area contributed by atoms with Crippen LogP contribution in [0.15, 0.2) is 24.5 Å². The fraction of sp³-hybridized carbons (Fsp3) is 0.556. The number of amides is 2. The van der Waals surface area contributed by atoms with Gasteiger partial charge in [0, 0.05) is 38.4 Å². The van der Waals surface area contributed by atoms with E-state index in [9.17, 15) is 37.1 Å². The van der Waals surface area contributed by atoms with Gasteiger partial charge >= 0.3 is 5.97 Å². The van der Waals surface area contributed by atoms with Gasteiger partial charge in [0.2, 0.25) is 11.8 Å². The van der Waals surface area contributed by atoms with Crippen LogP contribution in [0.5, 0.6) is 0 Å². The number of imidazole rings is 1. The average molecular weight is 594 g/mol. The molecular weight excluding hydrogens is 562 g/mol. The van der Waals surface area contributed by atoms with Gasteiger partial charge in [0.25, 0.3) is 11.8 Å². The summed E-state index contributed by atoms with van der Waals surface area (Å²) in [5.74, 6) is -9.72. The Bertz CT molecular complexity index is 1530. The molecule has 4 heterocycles. The highest BCUT2D eigenvalue weighted by atomic mass is 19.3. The lowest BCUT2D eigenvalue weighted by molar-refractivity contribution is -0.169. The monoisotopic (exact) mass is 593 g/mol. The molecule has 3 N–H and O–H groups in total. The number of rotatable bonds is 8. The number of carboxylic acids is 1. The lowest BCUT2D eigenvalue weighted by Gasteiger charge is -2.36. The molecule has 1 saturated heterocycles. The maximum absolute atomic E-state index is 14.3. The van der Waals surface area contributed by atoms with Crippen LogP contribution in [-0.2, 0) is 22.6 Å². The largest absolute Gasteiger partial charge is 0.480 e. The van der Waals surface area contributed by atoms with Gasteiger partial charge in [-0.25, -0.2) is 27.1 Å². The van der Waals surface area contributed by atoms with Gasteiger partial charge in [-0.15, -0.1) is 0 Å². The van der Waals surface area contributed by atoms with Crippen molar-refractivity contribution >= 4 is 23.4 Å². The van der Waals surface area contributed by atoms with Gasteiger partial charge in [-0.05, 0) is 50.3 Å². The molecule has 226 valence electrons. The Labute approximate surface area is 237 Å². The highest BCUT2D eigenvalue weighted by Gasteiger charge is 2.57. The van der Waals surface area contributed by atoms with E-state index in [2.05, 4.69) is 20.5 Å². The molecule has 2 atom stereocenters. The molecule has 3 aromatic heterocycles. The van der Waals surface area contributed by atoms with Gasteiger partial charge in [-0.3, -0.25) is 19.1 Å². The summed E-state index contributed by atoms with van der Waals surface area (Å²) < 4.78 is 59.3. The van der Waals surface area contributed by atoms with Crippen LogP contribution in [0.1, 0.15) is 72.5 Å². The van der Waals surface area contributed by atoms with Gasteiger partial charge in [0.15, 0.2) is 11.1 Å². The Morgan fingerprint density at radius 3 is 2.60 bits per heavy atom. The number of fused-ring (bicyclic) bond motifs is 1. The van der Waals surface area contributed by atoms with Gasteiger partial charge in [0.05, 0.1) is 30.2 Å². The number of piperidine rings is 1. The number of aryl methyl sites for hydroxylation is 2. The topological polar surface area (TPSA) is 144 Å². The second-order valence-electron chi connectivity index (χ2n) is 11.2. The summed E-state index contributed by atoms with van der Waals surface area (Å²) in [6, 6.07) is 2.36. The van der Waals surface area contributed by atoms with Crippen molar-refractivity contribution in [3.63, 3.8) is 0 Å². The van der Waals surface area contributed by atoms with Crippen molar-refractivity contribution in [3.8, 4) is 0 Å². The van der Waals surface area contributed by atoms with E-state index in [4.69, 9.17) is 0 Å². The maximum Gasteiger partial charge on any atom is 0.319 e. The first-order valence-electron chi connectivity index (χ1n) is 13.7. The molecule has 1 aliphatic carbocycles. The molecule has 2 unspecified atom stereocenters. The predicted molar refractivity (Wildman–Crippen MR) is 139 cm³/mol. The summed E-state index contributed by atoms with van der Waals surface area (Å²) >= 11 is 0. The van der Waals surface area contributed by atoms with Crippen molar-refractivity contribution in [1.29, 1.82) is 0 Å². The molecule has 11 nitrogen and oxygen atoms in total. The molecule has 3 aromatic rings. The number of alkyl halides is 4. The highest BCUT2D eigenvalue weighted by molar-refractivity contribution is 6.03. The first-order valence-corrected chi connectivity index (χ1v) is 13.7. The number of halogens is 4. The van der Waals surface area contributed by atoms with Gasteiger partial charge in [0.1, 0.15) is 5.69 Å². The minimum atomic E-state index is -3.41. The third kappa shape index (κ3) is 5.55. The average Bonchev–Trinajstić information content (AvgIpc) is 3.56. The third-order valence-corrected chi connectivity index (χ3v) is 8.23. The molecule has 42 heavy (non-hydrogen) atoms. The third-order valence-electron chi connectivity index (χ3n) is 8.23. The van der Waals surface area contributed by atoms with E-state index in [1.165, 1.54) is 21.6 Å². The van der Waals surface area contributed by atoms with Crippen molar-refractivity contribution in [1.82, 2.24) is 35.0 Å². The zero-order valence-corrected chi connectivity index (χ0v) is 23.0. The summed E-state index contributed by atoms with van der Waals surface area (Å²) in [5.41, 5.74) is -0.945. The van der Waals surface area contributed by atoms with Crippen molar-refractivity contribution in [3.05, 3.63) is 47.2 Å². The Hall–Kier alpha value is -4.04. The zero-order chi connectivity index (χ0) is 30.4. The van der Waals surface area contributed by atoms with Crippen molar-refractivity contribution in [2.75, 3.05) is 6.54 Å². The number of nitrogens with one attached hydrogen (secondary N) is 2. The van der Waals surface area contributed by atoms with E-state index in [-0.39, 0.29) is 37.3 Å². The minimum absolute atomic E-state index is 0.103. The van der Waals surface area contributed by atoms with Crippen molar-refractivity contribution in [2.45, 2.75) is 76.8 Å². The highest BCUT2D eigenvalue weighted by Crippen LogP contribution is 2.42. The van der Waals surface area contributed by atoms with E-state index in [0.717, 1.165) is 0 Å². The quantitative estimate of drug-likeness (QED) is 0.269. The minimum Gasteiger partial charge on any atom is -0.480 e. The Morgan fingerprint density at radius 2 is 1.93 bits per heavy atom. The van der Waals surface area contributed by atoms with Crippen LogP contribution in [0.2, 0.25) is 0 Å². The number of nitrogens with zero attached hydrogens (tertiary/aromatic N) is 5. The molecular formula is C27H31F4N7O4. The van der Waals surface area contributed by atoms with Gasteiger partial charge < -0.3 is 15.7 Å². The van der Waals surface area contributed by atoms with Gasteiger partial charge in [-0.2, -0.15) is 10.2 Å². The first kappa shape index (κ1) is 29.5. The fourth-order valence-electron chi connectivity index (χ4n) is 5.85. The zero-order valence-electron chi connectivity index (χ0n) is 23.0. The molecule has 2 fully saturated rings. The number of aliphatic carboxylic acids is 1. The molecule has 15 heteroatoms. The second-order valence-corrected chi connectivity index (χ2v) is 11.2. The lowest BCUT2D eigenvalue weighted by Crippen LogP contribution is -2.59. The number of carbonyl (C=O) groups excluding carboxylic acids is 2. The standard InChI is InChI=1S/C27H31F4N7O4/c1-3-37-19(6-9-33-37)22(39)35-21(16-4-7-26(28,29)8-5-16)18-12-38-20(34-18)10-15(2)17(36-38)11-25(24(41)42)13-27(30,31)14-32-23(25)40/h6,9-10,12,16,21H,3-5,7-8,11,13-14H2,1-2H3,(H,32,40)(H,35,39)(H,41,42). The molecule has 0 aromatic carbocycles. The Kier molecular flexibility index (Phi) is 7.47. The van der Waals surface area contributed by atoms with Crippen LogP contribution < -0.4 is 10.6 Å². The molecule has 2 aliphatic rings. The number of aromatic nitrogens is 5. The summed E-state index contributed by atoms with van der Waals surface area (Å²) in [4.78, 5) is 42.6. The molecule has 0 bridgehead atoms. The fourth-order valence-corrected chi connectivity index (χ4v) is 5.85.